The van der Waals surface area contributed by atoms with Gasteiger partial charge in [0.05, 0.1) is 46.2 Å². The Hall–Kier alpha value is -0.190. The van der Waals surface area contributed by atoms with Crippen molar-refractivity contribution in [1.29, 1.82) is 0 Å². The van der Waals surface area contributed by atoms with Crippen molar-refractivity contribution < 1.29 is 38.4 Å². The molecule has 0 aromatic rings. The number of ether oxygens (including phenoxy) is 5. The molecule has 0 spiro atoms. The maximum absolute atomic E-state index is 10.0. The van der Waals surface area contributed by atoms with Gasteiger partial charge in [-0.1, -0.05) is 0 Å². The molecule has 0 aromatic carbocycles. The van der Waals surface area contributed by atoms with Gasteiger partial charge in [-0.2, -0.15) is 0 Å². The first-order valence-electron chi connectivity index (χ1n) is 7.51. The molecular weight excluding hydrogens is 403 g/mol. The van der Waals surface area contributed by atoms with Gasteiger partial charge >= 0.3 is 10.1 Å². The normalized spacial score (nSPS) is 9.36. The van der Waals surface area contributed by atoms with Crippen LogP contribution in [-0.2, 0) is 23.7 Å². The second-order valence-electron chi connectivity index (χ2n) is 3.65. The Morgan fingerprint density at radius 1 is 0.720 bits per heavy atom. The van der Waals surface area contributed by atoms with Gasteiger partial charge in [0.2, 0.25) is 0 Å². The number of aliphatic hydroxyl groups excluding tert-OH is 1. The predicted octanol–water partition coefficient (Wildman–Crippen LogP) is 3.03. The number of aliphatic hydroxyl groups is 1. The third-order valence-electron chi connectivity index (χ3n) is 1.83. The molecule has 8 nitrogen and oxygen atoms in total. The SMILES string of the molecule is CCOCCOCCO.CCOCCOCCOC(=O)Cl.O=C(Cl)Cl. The summed E-state index contributed by atoms with van der Waals surface area (Å²) in [5.74, 6) is 0. The van der Waals surface area contributed by atoms with Crippen LogP contribution in [0.5, 0.6) is 0 Å². The maximum atomic E-state index is 10.0. The van der Waals surface area contributed by atoms with Crippen LogP contribution in [0.1, 0.15) is 13.8 Å². The van der Waals surface area contributed by atoms with Gasteiger partial charge in [-0.3, -0.25) is 4.79 Å². The van der Waals surface area contributed by atoms with E-state index in [1.54, 1.807) is 0 Å². The molecule has 0 bridgehead atoms. The first-order chi connectivity index (χ1) is 11.9. The third-order valence-corrected chi connectivity index (χ3v) is 1.94. The second-order valence-corrected chi connectivity index (χ2v) is 4.84. The molecule has 0 rings (SSSR count). The summed E-state index contributed by atoms with van der Waals surface area (Å²) in [6.07, 6.45) is 0. The molecule has 0 heterocycles. The van der Waals surface area contributed by atoms with Crippen molar-refractivity contribution in [3.05, 3.63) is 0 Å². The van der Waals surface area contributed by atoms with E-state index in [-0.39, 0.29) is 13.2 Å². The van der Waals surface area contributed by atoms with Crippen molar-refractivity contribution in [2.24, 2.45) is 0 Å². The molecule has 0 saturated heterocycles. The van der Waals surface area contributed by atoms with Crippen molar-refractivity contribution in [2.45, 2.75) is 13.8 Å². The Labute approximate surface area is 163 Å². The minimum absolute atomic E-state index is 0.0894. The minimum atomic E-state index is -0.889. The van der Waals surface area contributed by atoms with E-state index in [0.717, 1.165) is 6.61 Å². The maximum Gasteiger partial charge on any atom is 0.403 e. The molecule has 0 saturated carbocycles. The van der Waals surface area contributed by atoms with Crippen LogP contribution in [0, 0.1) is 0 Å². The summed E-state index contributed by atoms with van der Waals surface area (Å²) >= 11 is 13.7. The fraction of sp³-hybridized carbons (Fsp3) is 0.857. The lowest BCUT2D eigenvalue weighted by Crippen LogP contribution is -2.09. The molecule has 0 radical (unpaired) electrons. The van der Waals surface area contributed by atoms with Gasteiger partial charge in [-0.05, 0) is 37.0 Å². The van der Waals surface area contributed by atoms with Gasteiger partial charge in [0.1, 0.15) is 6.61 Å². The highest BCUT2D eigenvalue weighted by atomic mass is 35.5. The highest BCUT2D eigenvalue weighted by Crippen LogP contribution is 1.86. The van der Waals surface area contributed by atoms with Crippen LogP contribution in [0.2, 0.25) is 0 Å². The lowest BCUT2D eigenvalue weighted by Gasteiger charge is -2.03. The van der Waals surface area contributed by atoms with Crippen LogP contribution in [0.15, 0.2) is 0 Å². The lowest BCUT2D eigenvalue weighted by atomic mass is 10.7. The number of carbonyl (C=O) groups excluding carboxylic acids is 2. The monoisotopic (exact) mass is 428 g/mol. The predicted molar refractivity (Wildman–Crippen MR) is 96.0 cm³/mol. The van der Waals surface area contributed by atoms with E-state index in [4.69, 9.17) is 40.4 Å². The smallest absolute Gasteiger partial charge is 0.403 e. The van der Waals surface area contributed by atoms with Crippen molar-refractivity contribution in [1.82, 2.24) is 0 Å². The number of halogens is 3. The van der Waals surface area contributed by atoms with Crippen LogP contribution < -0.4 is 0 Å². The third kappa shape index (κ3) is 51.6. The van der Waals surface area contributed by atoms with Crippen molar-refractivity contribution >= 4 is 44.9 Å². The van der Waals surface area contributed by atoms with Gasteiger partial charge in [0.25, 0.3) is 0 Å². The zero-order chi connectivity index (χ0) is 19.8. The van der Waals surface area contributed by atoms with Gasteiger partial charge in [-0.25, -0.2) is 4.79 Å². The van der Waals surface area contributed by atoms with Gasteiger partial charge in [0.15, 0.2) is 0 Å². The van der Waals surface area contributed by atoms with Crippen LogP contribution in [0.4, 0.5) is 9.59 Å². The minimum Gasteiger partial charge on any atom is -0.451 e. The molecule has 0 atom stereocenters. The average Bonchev–Trinajstić information content (AvgIpc) is 2.54. The molecule has 1 N–H and O–H groups in total. The Balaban J connectivity index is -0.000000328. The average molecular weight is 430 g/mol. The van der Waals surface area contributed by atoms with Crippen molar-refractivity contribution in [3.8, 4) is 0 Å². The Bertz CT molecular complexity index is 273. The van der Waals surface area contributed by atoms with Crippen LogP contribution in [-0.4, -0.2) is 81.3 Å². The summed E-state index contributed by atoms with van der Waals surface area (Å²) < 4.78 is 23.4. The van der Waals surface area contributed by atoms with E-state index in [2.05, 4.69) is 27.9 Å². The molecular formula is C14H27Cl3O8. The molecule has 0 aliphatic rings. The van der Waals surface area contributed by atoms with E-state index in [0.29, 0.717) is 46.2 Å². The molecule has 0 aliphatic heterocycles. The molecule has 0 unspecified atom stereocenters. The molecule has 0 aliphatic carbocycles. The van der Waals surface area contributed by atoms with E-state index < -0.39 is 10.1 Å². The van der Waals surface area contributed by atoms with Gasteiger partial charge < -0.3 is 28.8 Å². The highest BCUT2D eigenvalue weighted by Gasteiger charge is 1.94. The van der Waals surface area contributed by atoms with Crippen LogP contribution in [0.25, 0.3) is 0 Å². The lowest BCUT2D eigenvalue weighted by molar-refractivity contribution is 0.0347. The Morgan fingerprint density at radius 2 is 1.08 bits per heavy atom. The largest absolute Gasteiger partial charge is 0.451 e. The molecule has 11 heteroatoms. The zero-order valence-electron chi connectivity index (χ0n) is 14.5. The zero-order valence-corrected chi connectivity index (χ0v) is 16.8. The summed E-state index contributed by atoms with van der Waals surface area (Å²) in [5.41, 5.74) is -0.802. The Morgan fingerprint density at radius 3 is 1.44 bits per heavy atom. The van der Waals surface area contributed by atoms with Gasteiger partial charge in [-0.15, -0.1) is 0 Å². The molecule has 25 heavy (non-hydrogen) atoms. The van der Waals surface area contributed by atoms with E-state index in [1.807, 2.05) is 13.8 Å². The summed E-state index contributed by atoms with van der Waals surface area (Å²) in [5, 5.41) is 8.26. The summed E-state index contributed by atoms with van der Waals surface area (Å²) in [6, 6.07) is 0. The second kappa shape index (κ2) is 28.6. The summed E-state index contributed by atoms with van der Waals surface area (Å²) in [7, 11) is 0. The molecule has 152 valence electrons. The highest BCUT2D eigenvalue weighted by molar-refractivity contribution is 6.93. The Kier molecular flexibility index (Phi) is 33.8. The quantitative estimate of drug-likeness (QED) is 0.352. The molecule has 0 fully saturated rings. The molecule has 0 aromatic heterocycles. The van der Waals surface area contributed by atoms with Crippen LogP contribution >= 0.6 is 34.8 Å². The first-order valence-corrected chi connectivity index (χ1v) is 8.64. The fourth-order valence-corrected chi connectivity index (χ4v) is 1.05. The standard InChI is InChI=1S/C7H13ClO4.C6H14O3.CCl2O/c1-2-10-3-4-11-5-6-12-7(8)9;1-2-8-5-6-9-4-3-7;2-1(3)4/h2-6H2,1H3;7H,2-6H2,1H3;. The number of carbonyl (C=O) groups is 2. The van der Waals surface area contributed by atoms with Crippen molar-refractivity contribution in [2.75, 3.05) is 66.1 Å². The number of hydrogen-bond donors (Lipinski definition) is 1. The van der Waals surface area contributed by atoms with E-state index >= 15 is 0 Å². The summed E-state index contributed by atoms with van der Waals surface area (Å²) in [6.45, 7) is 8.56. The number of hydrogen-bond acceptors (Lipinski definition) is 8. The number of rotatable bonds is 13. The van der Waals surface area contributed by atoms with E-state index in [1.165, 1.54) is 0 Å². The first kappa shape index (κ1) is 29.6. The van der Waals surface area contributed by atoms with Crippen LogP contribution in [0.3, 0.4) is 0 Å². The fourth-order valence-electron chi connectivity index (χ4n) is 0.974. The summed E-state index contributed by atoms with van der Waals surface area (Å²) in [4.78, 5) is 19.0. The molecule has 0 amide bonds. The van der Waals surface area contributed by atoms with Crippen molar-refractivity contribution in [3.63, 3.8) is 0 Å². The van der Waals surface area contributed by atoms with Gasteiger partial charge in [0, 0.05) is 24.8 Å². The topological polar surface area (TPSA) is 101 Å². The van der Waals surface area contributed by atoms with E-state index in [9.17, 15) is 4.79 Å².